The summed E-state index contributed by atoms with van der Waals surface area (Å²) >= 11 is 25.1. The van der Waals surface area contributed by atoms with Crippen molar-refractivity contribution in [3.8, 4) is 23.0 Å². The van der Waals surface area contributed by atoms with Gasteiger partial charge in [-0.05, 0) is 67.4 Å². The molecule has 2 aliphatic rings. The number of methoxy groups -OCH3 is 4. The highest BCUT2D eigenvalue weighted by Gasteiger charge is 2.35. The zero-order valence-corrected chi connectivity index (χ0v) is 40.3. The first-order valence-corrected chi connectivity index (χ1v) is 22.7. The number of halogens is 4. The van der Waals surface area contributed by atoms with E-state index in [9.17, 15) is 9.59 Å². The van der Waals surface area contributed by atoms with Crippen molar-refractivity contribution >= 4 is 81.0 Å². The number of nitrogens with zero attached hydrogens (tertiary/aromatic N) is 4. The van der Waals surface area contributed by atoms with E-state index in [-0.39, 0.29) is 11.8 Å². The second kappa shape index (κ2) is 21.5. The van der Waals surface area contributed by atoms with Gasteiger partial charge in [-0.1, -0.05) is 113 Å². The minimum atomic E-state index is -0.680. The topological polar surface area (TPSA) is 102 Å². The SMILES string of the molecule is CCN1C(=O)C(Cc2cc(Cl)ccc2Cl)N=C(c2ccccc2)c2cc(OC)c(OC)cc21.CCN1C(=O)C(Cc2ccc(Cl)cc2Cl)N=C(c2ccccc2)c2cc(OC)c(OC)cc21. The summed E-state index contributed by atoms with van der Waals surface area (Å²) in [5, 5.41) is 2.18. The van der Waals surface area contributed by atoms with E-state index < -0.39 is 12.1 Å². The van der Waals surface area contributed by atoms with E-state index in [1.807, 2.05) is 105 Å². The van der Waals surface area contributed by atoms with E-state index in [4.69, 9.17) is 75.3 Å². The van der Waals surface area contributed by atoms with Crippen molar-refractivity contribution in [2.24, 2.45) is 9.98 Å². The molecule has 8 rings (SSSR count). The van der Waals surface area contributed by atoms with Crippen LogP contribution in [-0.4, -0.2) is 76.9 Å². The van der Waals surface area contributed by atoms with Gasteiger partial charge < -0.3 is 28.7 Å². The highest BCUT2D eigenvalue weighted by molar-refractivity contribution is 6.35. The minimum Gasteiger partial charge on any atom is -0.493 e. The largest absolute Gasteiger partial charge is 0.493 e. The lowest BCUT2D eigenvalue weighted by molar-refractivity contribution is -0.120. The van der Waals surface area contributed by atoms with Crippen LogP contribution in [0, 0.1) is 0 Å². The van der Waals surface area contributed by atoms with E-state index >= 15 is 0 Å². The number of carbonyl (C=O) groups excluding carboxylic acids is 2. The highest BCUT2D eigenvalue weighted by atomic mass is 35.5. The van der Waals surface area contributed by atoms with Crippen molar-refractivity contribution in [1.82, 2.24) is 0 Å². The number of amides is 2. The molecule has 0 N–H and O–H groups in total. The number of benzodiazepines with no additional fused rings is 2. The fourth-order valence-corrected chi connectivity index (χ4v) is 8.97. The molecule has 340 valence electrons. The molecule has 66 heavy (non-hydrogen) atoms. The van der Waals surface area contributed by atoms with E-state index in [1.54, 1.807) is 68.6 Å². The third-order valence-electron chi connectivity index (χ3n) is 11.3. The maximum Gasteiger partial charge on any atom is 0.252 e. The van der Waals surface area contributed by atoms with Crippen LogP contribution in [0.2, 0.25) is 20.1 Å². The van der Waals surface area contributed by atoms with Crippen LogP contribution in [0.3, 0.4) is 0 Å². The van der Waals surface area contributed by atoms with Gasteiger partial charge in [-0.25, -0.2) is 0 Å². The van der Waals surface area contributed by atoms with Gasteiger partial charge in [0.25, 0.3) is 11.8 Å². The number of anilines is 2. The summed E-state index contributed by atoms with van der Waals surface area (Å²) in [4.78, 5) is 40.9. The Bertz CT molecular complexity index is 2800. The van der Waals surface area contributed by atoms with Crippen molar-refractivity contribution in [2.75, 3.05) is 51.3 Å². The Balaban J connectivity index is 0.000000196. The number of benzene rings is 6. The van der Waals surface area contributed by atoms with E-state index in [0.717, 1.165) is 44.8 Å². The van der Waals surface area contributed by atoms with Gasteiger partial charge in [-0.15, -0.1) is 0 Å². The van der Waals surface area contributed by atoms with Crippen LogP contribution in [0.15, 0.2) is 131 Å². The number of likely N-dealkylation sites (N-methyl/N-ethyl adjacent to an activating group) is 2. The normalized spacial score (nSPS) is 15.5. The Morgan fingerprint density at radius 3 is 1.32 bits per heavy atom. The molecule has 2 unspecified atom stereocenters. The lowest BCUT2D eigenvalue weighted by Gasteiger charge is -2.25. The number of hydrogen-bond acceptors (Lipinski definition) is 8. The van der Waals surface area contributed by atoms with E-state index in [0.29, 0.717) is 80.4 Å². The Morgan fingerprint density at radius 1 is 0.485 bits per heavy atom. The lowest BCUT2D eigenvalue weighted by atomic mass is 9.99. The molecule has 10 nitrogen and oxygen atoms in total. The summed E-state index contributed by atoms with van der Waals surface area (Å²) in [5.74, 6) is 2.01. The van der Waals surface area contributed by atoms with Crippen LogP contribution in [0.4, 0.5) is 11.4 Å². The first-order chi connectivity index (χ1) is 31.9. The summed E-state index contributed by atoms with van der Waals surface area (Å²) in [6.45, 7) is 4.83. The maximum absolute atomic E-state index is 13.7. The van der Waals surface area contributed by atoms with Crippen molar-refractivity contribution < 1.29 is 28.5 Å². The molecule has 0 bridgehead atoms. The zero-order chi connectivity index (χ0) is 47.1. The molecule has 0 saturated carbocycles. The van der Waals surface area contributed by atoms with Gasteiger partial charge in [0.15, 0.2) is 23.0 Å². The molecule has 6 aromatic rings. The number of rotatable bonds is 12. The molecule has 0 spiro atoms. The van der Waals surface area contributed by atoms with Gasteiger partial charge in [0.05, 0.1) is 51.2 Å². The van der Waals surface area contributed by atoms with Crippen LogP contribution in [0.1, 0.15) is 47.2 Å². The molecular weight excluding hydrogens is 918 g/mol. The Hall–Kier alpha value is -6.04. The molecule has 6 aromatic carbocycles. The van der Waals surface area contributed by atoms with Gasteiger partial charge >= 0.3 is 0 Å². The van der Waals surface area contributed by atoms with Crippen LogP contribution in [0.25, 0.3) is 0 Å². The average molecular weight is 967 g/mol. The summed E-state index contributed by atoms with van der Waals surface area (Å²) in [6.07, 6.45) is 0.678. The second-order valence-corrected chi connectivity index (χ2v) is 16.9. The van der Waals surface area contributed by atoms with Gasteiger partial charge in [-0.2, -0.15) is 0 Å². The third kappa shape index (κ3) is 10.2. The molecule has 2 aliphatic heterocycles. The second-order valence-electron chi connectivity index (χ2n) is 15.2. The predicted molar refractivity (Wildman–Crippen MR) is 267 cm³/mol. The highest BCUT2D eigenvalue weighted by Crippen LogP contribution is 2.41. The molecular formula is C52H48Cl4N4O6. The molecule has 0 aromatic heterocycles. The van der Waals surface area contributed by atoms with Crippen LogP contribution in [-0.2, 0) is 22.4 Å². The summed E-state index contributed by atoms with van der Waals surface area (Å²) in [7, 11) is 6.34. The first-order valence-electron chi connectivity index (χ1n) is 21.2. The van der Waals surface area contributed by atoms with E-state index in [1.165, 1.54) is 0 Å². The standard InChI is InChI=1S/2C26H24Cl2N2O3/c1-4-30-22-15-24(33-3)23(32-2)14-19(22)25(16-8-6-5-7-9-16)29-21(26(30)31)13-17-12-18(27)10-11-20(17)28;1-4-30-22-15-24(33-3)23(32-2)14-19(22)25(16-8-6-5-7-9-16)29-21(26(30)31)12-17-10-11-18(27)13-20(17)28/h5-12,14-15,21H,4,13H2,1-3H3;5-11,13-15,21H,4,12H2,1-3H3. The maximum atomic E-state index is 13.7. The fourth-order valence-electron chi connectivity index (χ4n) is 8.09. The van der Waals surface area contributed by atoms with Crippen molar-refractivity contribution in [1.29, 1.82) is 0 Å². The molecule has 0 radical (unpaired) electrons. The van der Waals surface area contributed by atoms with Gasteiger partial charge in [-0.3, -0.25) is 19.6 Å². The van der Waals surface area contributed by atoms with Gasteiger partial charge in [0.1, 0.15) is 12.1 Å². The molecule has 0 saturated heterocycles. The smallest absolute Gasteiger partial charge is 0.252 e. The quantitative estimate of drug-likeness (QED) is 0.121. The predicted octanol–water partition coefficient (Wildman–Crippen LogP) is 11.7. The number of fused-ring (bicyclic) bond motifs is 2. The Labute approximate surface area is 405 Å². The Morgan fingerprint density at radius 2 is 0.894 bits per heavy atom. The van der Waals surface area contributed by atoms with Crippen molar-refractivity contribution in [2.45, 2.75) is 38.8 Å². The third-order valence-corrected chi connectivity index (χ3v) is 12.5. The first kappa shape index (κ1) is 47.9. The number of aliphatic imine (C=N–C) groups is 2. The zero-order valence-electron chi connectivity index (χ0n) is 37.3. The molecule has 2 amide bonds. The molecule has 2 atom stereocenters. The van der Waals surface area contributed by atoms with Crippen LogP contribution in [0.5, 0.6) is 23.0 Å². The molecule has 14 heteroatoms. The number of hydrogen-bond donors (Lipinski definition) is 0. The average Bonchev–Trinajstić information content (AvgIpc) is 3.52. The number of carbonyl (C=O) groups is 2. The van der Waals surface area contributed by atoms with E-state index in [2.05, 4.69) is 0 Å². The van der Waals surface area contributed by atoms with Crippen molar-refractivity contribution in [3.63, 3.8) is 0 Å². The number of ether oxygens (including phenoxy) is 4. The summed E-state index contributed by atoms with van der Waals surface area (Å²) < 4.78 is 22.2. The molecule has 0 fully saturated rings. The summed E-state index contributed by atoms with van der Waals surface area (Å²) in [6, 6.07) is 36.3. The monoisotopic (exact) mass is 964 g/mol. The van der Waals surface area contributed by atoms with Gasteiger partial charge in [0.2, 0.25) is 0 Å². The fraction of sp³-hybridized carbons (Fsp3) is 0.231. The molecule has 2 heterocycles. The summed E-state index contributed by atoms with van der Waals surface area (Å²) in [5.41, 5.74) is 7.87. The lowest BCUT2D eigenvalue weighted by Crippen LogP contribution is -2.38. The minimum absolute atomic E-state index is 0.108. The van der Waals surface area contributed by atoms with Gasteiger partial charge in [0, 0.05) is 80.4 Å². The van der Waals surface area contributed by atoms with Crippen LogP contribution >= 0.6 is 46.4 Å². The molecule has 0 aliphatic carbocycles. The Kier molecular flexibility index (Phi) is 15.6. The van der Waals surface area contributed by atoms with Crippen molar-refractivity contribution in [3.05, 3.63) is 175 Å². The van der Waals surface area contributed by atoms with Crippen LogP contribution < -0.4 is 28.7 Å².